The molecule has 1 aromatic rings. The van der Waals surface area contributed by atoms with Gasteiger partial charge in [0.05, 0.1) is 5.92 Å². The van der Waals surface area contributed by atoms with Crippen LogP contribution in [0.4, 0.5) is 0 Å². The van der Waals surface area contributed by atoms with Crippen molar-refractivity contribution >= 4 is 11.9 Å². The number of hydrogen-bond donors (Lipinski definition) is 1. The number of benzene rings is 1. The van der Waals surface area contributed by atoms with Crippen LogP contribution < -0.4 is 0 Å². The maximum Gasteiger partial charge on any atom is 0.308 e. The molecule has 5 heteroatoms. The van der Waals surface area contributed by atoms with Crippen LogP contribution in [0.5, 0.6) is 0 Å². The van der Waals surface area contributed by atoms with Gasteiger partial charge in [-0.2, -0.15) is 0 Å². The Bertz CT molecular complexity index is 528. The minimum absolute atomic E-state index is 0.0680. The first-order valence-electron chi connectivity index (χ1n) is 7.23. The van der Waals surface area contributed by atoms with Gasteiger partial charge in [0.1, 0.15) is 0 Å². The molecule has 1 aliphatic heterocycles. The summed E-state index contributed by atoms with van der Waals surface area (Å²) in [5.41, 5.74) is 1.72. The lowest BCUT2D eigenvalue weighted by molar-refractivity contribution is -0.143. The summed E-state index contributed by atoms with van der Waals surface area (Å²) >= 11 is 0. The Balaban J connectivity index is 2.10. The molecule has 1 aliphatic rings. The predicted octanol–water partition coefficient (Wildman–Crippen LogP) is 1.69. The Morgan fingerprint density at radius 2 is 2.14 bits per heavy atom. The third kappa shape index (κ3) is 4.04. The number of carboxylic acids is 1. The largest absolute Gasteiger partial charge is 0.481 e. The van der Waals surface area contributed by atoms with Gasteiger partial charge in [-0.15, -0.1) is 0 Å². The molecule has 1 unspecified atom stereocenters. The molecule has 1 amide bonds. The predicted molar refractivity (Wildman–Crippen MR) is 80.1 cm³/mol. The van der Waals surface area contributed by atoms with E-state index in [2.05, 4.69) is 0 Å². The van der Waals surface area contributed by atoms with E-state index >= 15 is 0 Å². The van der Waals surface area contributed by atoms with Crippen molar-refractivity contribution in [2.24, 2.45) is 5.92 Å². The molecule has 21 heavy (non-hydrogen) atoms. The molecule has 1 fully saturated rings. The zero-order valence-corrected chi connectivity index (χ0v) is 12.6. The molecule has 114 valence electrons. The van der Waals surface area contributed by atoms with Gasteiger partial charge in [-0.05, 0) is 44.6 Å². The van der Waals surface area contributed by atoms with Crippen LogP contribution in [-0.2, 0) is 11.3 Å². The van der Waals surface area contributed by atoms with E-state index in [4.69, 9.17) is 5.11 Å². The molecule has 1 heterocycles. The second-order valence-electron chi connectivity index (χ2n) is 5.87. The van der Waals surface area contributed by atoms with E-state index in [1.807, 2.05) is 37.2 Å². The van der Waals surface area contributed by atoms with Gasteiger partial charge in [0, 0.05) is 25.2 Å². The summed E-state index contributed by atoms with van der Waals surface area (Å²) in [6.45, 7) is 1.73. The van der Waals surface area contributed by atoms with E-state index in [0.717, 1.165) is 18.5 Å². The molecule has 2 rings (SSSR count). The topological polar surface area (TPSA) is 60.9 Å². The third-order valence-electron chi connectivity index (χ3n) is 3.73. The average Bonchev–Trinajstić information content (AvgIpc) is 2.46. The molecule has 1 aromatic carbocycles. The molecule has 0 spiro atoms. The van der Waals surface area contributed by atoms with Gasteiger partial charge in [0.15, 0.2) is 0 Å². The highest BCUT2D eigenvalue weighted by Crippen LogP contribution is 2.19. The lowest BCUT2D eigenvalue weighted by Crippen LogP contribution is -2.42. The fourth-order valence-corrected chi connectivity index (χ4v) is 2.71. The number of aliphatic carboxylic acids is 1. The summed E-state index contributed by atoms with van der Waals surface area (Å²) in [7, 11) is 3.97. The lowest BCUT2D eigenvalue weighted by Gasteiger charge is -2.30. The summed E-state index contributed by atoms with van der Waals surface area (Å²) < 4.78 is 0. The monoisotopic (exact) mass is 290 g/mol. The van der Waals surface area contributed by atoms with E-state index in [1.165, 1.54) is 0 Å². The molecule has 0 saturated carbocycles. The molecule has 0 radical (unpaired) electrons. The molecule has 0 aliphatic carbocycles. The Kier molecular flexibility index (Phi) is 4.96. The van der Waals surface area contributed by atoms with Gasteiger partial charge in [0.2, 0.25) is 0 Å². The van der Waals surface area contributed by atoms with Crippen molar-refractivity contribution in [3.05, 3.63) is 35.4 Å². The summed E-state index contributed by atoms with van der Waals surface area (Å²) in [6, 6.07) is 7.57. The van der Waals surface area contributed by atoms with E-state index in [1.54, 1.807) is 11.0 Å². The van der Waals surface area contributed by atoms with Gasteiger partial charge in [-0.1, -0.05) is 12.1 Å². The van der Waals surface area contributed by atoms with Gasteiger partial charge in [-0.3, -0.25) is 9.59 Å². The molecule has 1 N–H and O–H groups in total. The molecular weight excluding hydrogens is 268 g/mol. The number of nitrogens with zero attached hydrogens (tertiary/aromatic N) is 2. The maximum absolute atomic E-state index is 12.5. The number of piperidine rings is 1. The van der Waals surface area contributed by atoms with E-state index in [0.29, 0.717) is 25.1 Å². The Labute approximate surface area is 125 Å². The van der Waals surface area contributed by atoms with Crippen LogP contribution in [0.3, 0.4) is 0 Å². The lowest BCUT2D eigenvalue weighted by atomic mass is 9.97. The molecule has 5 nitrogen and oxygen atoms in total. The van der Waals surface area contributed by atoms with E-state index in [9.17, 15) is 9.59 Å². The third-order valence-corrected chi connectivity index (χ3v) is 3.73. The standard InChI is InChI=1S/C16H22N2O3/c1-17(2)10-12-5-3-6-13(9-12)15(19)18-8-4-7-14(11-18)16(20)21/h3,5-6,9,14H,4,7-8,10-11H2,1-2H3,(H,20,21). The SMILES string of the molecule is CN(C)Cc1cccc(C(=O)N2CCCC(C(=O)O)C2)c1. The minimum Gasteiger partial charge on any atom is -0.481 e. The smallest absolute Gasteiger partial charge is 0.308 e. The van der Waals surface area contributed by atoms with Crippen molar-refractivity contribution in [3.63, 3.8) is 0 Å². The van der Waals surface area contributed by atoms with Crippen molar-refractivity contribution < 1.29 is 14.7 Å². The summed E-state index contributed by atoms with van der Waals surface area (Å²) in [6.07, 6.45) is 1.40. The number of hydrogen-bond acceptors (Lipinski definition) is 3. The second kappa shape index (κ2) is 6.72. The van der Waals surface area contributed by atoms with E-state index < -0.39 is 11.9 Å². The van der Waals surface area contributed by atoms with Crippen molar-refractivity contribution in [3.8, 4) is 0 Å². The number of carbonyl (C=O) groups is 2. The molecule has 0 bridgehead atoms. The number of carbonyl (C=O) groups excluding carboxylic acids is 1. The number of carboxylic acid groups (broad SMARTS) is 1. The Morgan fingerprint density at radius 3 is 2.81 bits per heavy atom. The fraction of sp³-hybridized carbons (Fsp3) is 0.500. The van der Waals surface area contributed by atoms with Crippen LogP contribution in [-0.4, -0.2) is 54.0 Å². The molecule has 1 saturated heterocycles. The van der Waals surface area contributed by atoms with E-state index in [-0.39, 0.29) is 5.91 Å². The van der Waals surface area contributed by atoms with Crippen molar-refractivity contribution in [1.82, 2.24) is 9.80 Å². The summed E-state index contributed by atoms with van der Waals surface area (Å²) in [4.78, 5) is 27.3. The summed E-state index contributed by atoms with van der Waals surface area (Å²) in [5, 5.41) is 9.11. The quantitative estimate of drug-likeness (QED) is 0.916. The summed E-state index contributed by atoms with van der Waals surface area (Å²) in [5.74, 6) is -1.32. The number of amides is 1. The van der Waals surface area contributed by atoms with Crippen molar-refractivity contribution in [2.75, 3.05) is 27.2 Å². The zero-order chi connectivity index (χ0) is 15.4. The van der Waals surface area contributed by atoms with Crippen molar-refractivity contribution in [2.45, 2.75) is 19.4 Å². The van der Waals surface area contributed by atoms with Gasteiger partial charge in [0.25, 0.3) is 5.91 Å². The Hall–Kier alpha value is -1.88. The fourth-order valence-electron chi connectivity index (χ4n) is 2.71. The molecular formula is C16H22N2O3. The first kappa shape index (κ1) is 15.5. The maximum atomic E-state index is 12.5. The normalized spacial score (nSPS) is 18.8. The average molecular weight is 290 g/mol. The van der Waals surface area contributed by atoms with Gasteiger partial charge < -0.3 is 14.9 Å². The highest BCUT2D eigenvalue weighted by atomic mass is 16.4. The van der Waals surface area contributed by atoms with Crippen LogP contribution >= 0.6 is 0 Å². The first-order valence-corrected chi connectivity index (χ1v) is 7.23. The van der Waals surface area contributed by atoms with Gasteiger partial charge in [-0.25, -0.2) is 0 Å². The first-order chi connectivity index (χ1) is 9.97. The second-order valence-corrected chi connectivity index (χ2v) is 5.87. The highest BCUT2D eigenvalue weighted by Gasteiger charge is 2.28. The molecule has 0 aromatic heterocycles. The molecule has 1 atom stereocenters. The van der Waals surface area contributed by atoms with Crippen LogP contribution in [0, 0.1) is 5.92 Å². The minimum atomic E-state index is -0.811. The van der Waals surface area contributed by atoms with Gasteiger partial charge >= 0.3 is 5.97 Å². The Morgan fingerprint density at radius 1 is 1.38 bits per heavy atom. The zero-order valence-electron chi connectivity index (χ0n) is 12.6. The van der Waals surface area contributed by atoms with Crippen LogP contribution in [0.1, 0.15) is 28.8 Å². The number of likely N-dealkylation sites (tertiary alicyclic amines) is 1. The van der Waals surface area contributed by atoms with Crippen LogP contribution in [0.15, 0.2) is 24.3 Å². The van der Waals surface area contributed by atoms with Crippen LogP contribution in [0.2, 0.25) is 0 Å². The van der Waals surface area contributed by atoms with Crippen LogP contribution in [0.25, 0.3) is 0 Å². The van der Waals surface area contributed by atoms with Crippen molar-refractivity contribution in [1.29, 1.82) is 0 Å². The highest BCUT2D eigenvalue weighted by molar-refractivity contribution is 5.94. The number of rotatable bonds is 4.